The molecule has 1 aliphatic rings. The predicted octanol–water partition coefficient (Wildman–Crippen LogP) is 3.64. The zero-order valence-corrected chi connectivity index (χ0v) is 17.2. The molecule has 1 aliphatic heterocycles. The van der Waals surface area contributed by atoms with Crippen molar-refractivity contribution in [1.82, 2.24) is 0 Å². The molecule has 2 amide bonds. The largest absolute Gasteiger partial charge is 0.454 e. The van der Waals surface area contributed by atoms with E-state index in [1.165, 1.54) is 35.6 Å². The third-order valence-electron chi connectivity index (χ3n) is 4.86. The lowest BCUT2D eigenvalue weighted by molar-refractivity contribution is -0.384. The van der Waals surface area contributed by atoms with Crippen LogP contribution in [-0.4, -0.2) is 23.5 Å². The monoisotopic (exact) mass is 439 g/mol. The molecule has 4 rings (SSSR count). The van der Waals surface area contributed by atoms with Crippen LogP contribution in [-0.2, 0) is 6.42 Å². The van der Waals surface area contributed by atoms with E-state index in [4.69, 9.17) is 15.2 Å². The summed E-state index contributed by atoms with van der Waals surface area (Å²) in [6, 6.07) is 10.8. The number of fused-ring (bicyclic) bond motifs is 1. The molecule has 0 bridgehead atoms. The molecule has 3 aromatic rings. The predicted molar refractivity (Wildman–Crippen MR) is 114 cm³/mol. The topological polar surface area (TPSA) is 134 Å². The molecule has 0 spiro atoms. The molecule has 0 fully saturated rings. The number of nitro groups is 1. The summed E-state index contributed by atoms with van der Waals surface area (Å²) < 4.78 is 10.7. The fraction of sp³-hybridized carbons (Fsp3) is 0.143. The average molecular weight is 439 g/mol. The number of hydrogen-bond donors (Lipinski definition) is 2. The van der Waals surface area contributed by atoms with Crippen molar-refractivity contribution in [2.24, 2.45) is 5.73 Å². The van der Waals surface area contributed by atoms with Crippen molar-refractivity contribution in [1.29, 1.82) is 0 Å². The van der Waals surface area contributed by atoms with E-state index in [1.54, 1.807) is 6.92 Å². The lowest BCUT2D eigenvalue weighted by atomic mass is 10.1. The van der Waals surface area contributed by atoms with Gasteiger partial charge in [0.25, 0.3) is 17.5 Å². The number of amides is 2. The Balaban J connectivity index is 1.59. The minimum absolute atomic E-state index is 0.118. The van der Waals surface area contributed by atoms with Crippen LogP contribution in [0.2, 0.25) is 0 Å². The second-order valence-electron chi connectivity index (χ2n) is 6.84. The summed E-state index contributed by atoms with van der Waals surface area (Å²) in [5.74, 6) is 0.201. The molecule has 0 unspecified atom stereocenters. The zero-order valence-electron chi connectivity index (χ0n) is 16.3. The molecule has 0 aliphatic carbocycles. The number of anilines is 1. The number of nitro benzene ring substituents is 1. The van der Waals surface area contributed by atoms with Crippen molar-refractivity contribution in [3.8, 4) is 11.5 Å². The summed E-state index contributed by atoms with van der Waals surface area (Å²) >= 11 is 1.26. The highest BCUT2D eigenvalue weighted by Gasteiger charge is 2.22. The van der Waals surface area contributed by atoms with Gasteiger partial charge in [0.1, 0.15) is 5.00 Å². The normalized spacial score (nSPS) is 11.9. The highest BCUT2D eigenvalue weighted by molar-refractivity contribution is 7.17. The summed E-state index contributed by atoms with van der Waals surface area (Å²) in [7, 11) is 0. The van der Waals surface area contributed by atoms with Crippen LogP contribution in [0.3, 0.4) is 0 Å². The smallest absolute Gasteiger partial charge is 0.269 e. The van der Waals surface area contributed by atoms with Gasteiger partial charge >= 0.3 is 0 Å². The highest BCUT2D eigenvalue weighted by Crippen LogP contribution is 2.37. The number of primary amides is 1. The molecular formula is C21H17N3O6S. The van der Waals surface area contributed by atoms with E-state index in [0.29, 0.717) is 28.5 Å². The molecule has 158 valence electrons. The summed E-state index contributed by atoms with van der Waals surface area (Å²) in [5.41, 5.74) is 7.57. The fourth-order valence-corrected chi connectivity index (χ4v) is 4.50. The molecule has 0 radical (unpaired) electrons. The minimum Gasteiger partial charge on any atom is -0.454 e. The molecule has 10 heteroatoms. The molecular weight excluding hydrogens is 422 g/mol. The van der Waals surface area contributed by atoms with Gasteiger partial charge in [-0.05, 0) is 42.3 Å². The standard InChI is InChI=1S/C21H17N3O6S/c1-11-17(9-12-2-7-15-16(8-12)30-10-29-15)31-21(18(11)19(22)25)23-20(26)13-3-5-14(6-4-13)24(27)28/h2-8H,9-10H2,1H3,(H2,22,25)(H,23,26). The van der Waals surface area contributed by atoms with Gasteiger partial charge in [0.2, 0.25) is 6.79 Å². The first-order chi connectivity index (χ1) is 14.8. The molecule has 0 saturated carbocycles. The Morgan fingerprint density at radius 1 is 1.16 bits per heavy atom. The number of carbonyl (C=O) groups excluding carboxylic acids is 2. The Morgan fingerprint density at radius 3 is 2.55 bits per heavy atom. The van der Waals surface area contributed by atoms with Crippen LogP contribution in [0.5, 0.6) is 11.5 Å². The highest BCUT2D eigenvalue weighted by atomic mass is 32.1. The maximum absolute atomic E-state index is 12.6. The Kier molecular flexibility index (Phi) is 5.30. The second-order valence-corrected chi connectivity index (χ2v) is 7.95. The Hall–Kier alpha value is -3.92. The number of nitrogens with zero attached hydrogens (tertiary/aromatic N) is 1. The van der Waals surface area contributed by atoms with Crippen LogP contribution in [0.15, 0.2) is 42.5 Å². The van der Waals surface area contributed by atoms with Crippen LogP contribution >= 0.6 is 11.3 Å². The van der Waals surface area contributed by atoms with E-state index in [9.17, 15) is 19.7 Å². The molecule has 0 atom stereocenters. The molecule has 2 aromatic carbocycles. The number of carbonyl (C=O) groups is 2. The fourth-order valence-electron chi connectivity index (χ4n) is 3.26. The van der Waals surface area contributed by atoms with E-state index in [2.05, 4.69) is 5.32 Å². The van der Waals surface area contributed by atoms with Gasteiger partial charge < -0.3 is 20.5 Å². The first-order valence-corrected chi connectivity index (χ1v) is 10.0. The third kappa shape index (κ3) is 4.05. The number of ether oxygens (including phenoxy) is 2. The zero-order chi connectivity index (χ0) is 22.1. The first-order valence-electron chi connectivity index (χ1n) is 9.20. The summed E-state index contributed by atoms with van der Waals surface area (Å²) in [6.07, 6.45) is 0.515. The van der Waals surface area contributed by atoms with Crippen LogP contribution in [0.1, 0.15) is 36.7 Å². The van der Waals surface area contributed by atoms with Gasteiger partial charge in [-0.15, -0.1) is 11.3 Å². The number of thiophene rings is 1. The first kappa shape index (κ1) is 20.4. The van der Waals surface area contributed by atoms with E-state index < -0.39 is 16.7 Å². The lowest BCUT2D eigenvalue weighted by Gasteiger charge is -2.05. The van der Waals surface area contributed by atoms with Crippen LogP contribution in [0.4, 0.5) is 10.7 Å². The van der Waals surface area contributed by atoms with E-state index in [0.717, 1.165) is 10.4 Å². The molecule has 9 nitrogen and oxygen atoms in total. The summed E-state index contributed by atoms with van der Waals surface area (Å²) in [6.45, 7) is 1.96. The van der Waals surface area contributed by atoms with E-state index in [1.807, 2.05) is 18.2 Å². The maximum atomic E-state index is 12.6. The maximum Gasteiger partial charge on any atom is 0.269 e. The van der Waals surface area contributed by atoms with Gasteiger partial charge in [0, 0.05) is 29.0 Å². The number of benzene rings is 2. The van der Waals surface area contributed by atoms with Gasteiger partial charge in [-0.1, -0.05) is 6.07 Å². The van der Waals surface area contributed by atoms with Crippen LogP contribution < -0.4 is 20.5 Å². The van der Waals surface area contributed by atoms with Gasteiger partial charge in [0.15, 0.2) is 11.5 Å². The quantitative estimate of drug-likeness (QED) is 0.445. The van der Waals surface area contributed by atoms with Gasteiger partial charge in [-0.25, -0.2) is 0 Å². The Labute approximate surface area is 180 Å². The summed E-state index contributed by atoms with van der Waals surface area (Å²) in [4.78, 5) is 35.8. The van der Waals surface area contributed by atoms with Gasteiger partial charge in [0.05, 0.1) is 10.5 Å². The molecule has 31 heavy (non-hydrogen) atoms. The van der Waals surface area contributed by atoms with Crippen LogP contribution in [0.25, 0.3) is 0 Å². The van der Waals surface area contributed by atoms with Gasteiger partial charge in [-0.2, -0.15) is 0 Å². The Bertz CT molecular complexity index is 1200. The van der Waals surface area contributed by atoms with E-state index >= 15 is 0 Å². The molecule has 3 N–H and O–H groups in total. The molecule has 1 aromatic heterocycles. The van der Waals surface area contributed by atoms with Gasteiger partial charge in [-0.3, -0.25) is 19.7 Å². The Morgan fingerprint density at radius 2 is 1.87 bits per heavy atom. The second kappa shape index (κ2) is 8.07. The number of rotatable bonds is 6. The number of nitrogens with one attached hydrogen (secondary N) is 1. The van der Waals surface area contributed by atoms with E-state index in [-0.39, 0.29) is 23.6 Å². The summed E-state index contributed by atoms with van der Waals surface area (Å²) in [5, 5.41) is 13.8. The number of hydrogen-bond acceptors (Lipinski definition) is 7. The van der Waals surface area contributed by atoms with Crippen molar-refractivity contribution in [2.75, 3.05) is 12.1 Å². The molecule has 2 heterocycles. The average Bonchev–Trinajstić information content (AvgIpc) is 3.32. The van der Waals surface area contributed by atoms with Crippen molar-refractivity contribution in [3.05, 3.63) is 79.7 Å². The van der Waals surface area contributed by atoms with Crippen LogP contribution in [0, 0.1) is 17.0 Å². The molecule has 0 saturated heterocycles. The SMILES string of the molecule is Cc1c(Cc2ccc3c(c2)OCO3)sc(NC(=O)c2ccc([N+](=O)[O-])cc2)c1C(N)=O. The van der Waals surface area contributed by atoms with Crippen molar-refractivity contribution >= 4 is 33.8 Å². The number of nitrogens with two attached hydrogens (primary N) is 1. The van der Waals surface area contributed by atoms with Crippen molar-refractivity contribution in [2.45, 2.75) is 13.3 Å². The number of non-ortho nitro benzene ring substituents is 1. The van der Waals surface area contributed by atoms with Crippen molar-refractivity contribution in [3.63, 3.8) is 0 Å². The third-order valence-corrected chi connectivity index (χ3v) is 6.07. The minimum atomic E-state index is -0.648. The van der Waals surface area contributed by atoms with Crippen molar-refractivity contribution < 1.29 is 24.0 Å². The lowest BCUT2D eigenvalue weighted by Crippen LogP contribution is -2.17.